The van der Waals surface area contributed by atoms with Crippen molar-refractivity contribution in [1.82, 2.24) is 9.13 Å². The molecule has 1 aliphatic heterocycles. The second-order valence-corrected chi connectivity index (χ2v) is 4.90. The maximum Gasteiger partial charge on any atom is 0.332 e. The van der Waals surface area contributed by atoms with Gasteiger partial charge < -0.3 is 11.1 Å². The highest BCUT2D eigenvalue weighted by molar-refractivity contribution is 6.53. The van der Waals surface area contributed by atoms with Crippen LogP contribution in [0.25, 0.3) is 0 Å². The Balaban J connectivity index is 2.32. The Hall–Kier alpha value is -3.16. The van der Waals surface area contributed by atoms with Crippen molar-refractivity contribution in [3.8, 4) is 0 Å². The number of nitrogens with zero attached hydrogens (tertiary/aromatic N) is 3. The van der Waals surface area contributed by atoms with Gasteiger partial charge in [0.2, 0.25) is 0 Å². The van der Waals surface area contributed by atoms with Crippen molar-refractivity contribution in [2.24, 2.45) is 19.1 Å². The number of hydrogen-bond donors (Lipinski definition) is 2. The number of fused-ring (bicyclic) bond motifs is 1. The molecule has 1 aromatic heterocycles. The number of amides is 1. The predicted octanol–water partition coefficient (Wildman–Crippen LogP) is -0.261. The molecule has 0 saturated carbocycles. The van der Waals surface area contributed by atoms with Gasteiger partial charge in [0.25, 0.3) is 11.5 Å². The maximum atomic E-state index is 12.3. The standard InChI is InChI=1S/C14H13N5O3/c1-18-11-9(13(21)19(2)14(18)22)10(12(20)17-11)16-8-6-4-3-5-7(8)15/h3-6H,15H2,1-2H3,(H,16,17,20). The van der Waals surface area contributed by atoms with E-state index < -0.39 is 17.2 Å². The van der Waals surface area contributed by atoms with E-state index in [9.17, 15) is 14.4 Å². The van der Waals surface area contributed by atoms with Crippen LogP contribution in [0.5, 0.6) is 0 Å². The van der Waals surface area contributed by atoms with E-state index in [4.69, 9.17) is 5.73 Å². The summed E-state index contributed by atoms with van der Waals surface area (Å²) in [6, 6.07) is 6.75. The monoisotopic (exact) mass is 299 g/mol. The highest BCUT2D eigenvalue weighted by Crippen LogP contribution is 2.25. The summed E-state index contributed by atoms with van der Waals surface area (Å²) in [5.74, 6) is -0.400. The SMILES string of the molecule is Cn1c2c(c(=O)n(C)c1=O)C(=Nc1ccccc1N)C(=O)N2. The zero-order valence-electron chi connectivity index (χ0n) is 12.0. The largest absolute Gasteiger partial charge is 0.397 e. The molecule has 0 bridgehead atoms. The summed E-state index contributed by atoms with van der Waals surface area (Å²) in [5, 5.41) is 2.50. The molecular weight excluding hydrogens is 286 g/mol. The molecule has 0 fully saturated rings. The highest BCUT2D eigenvalue weighted by atomic mass is 16.2. The summed E-state index contributed by atoms with van der Waals surface area (Å²) >= 11 is 0. The zero-order valence-corrected chi connectivity index (χ0v) is 12.0. The quantitative estimate of drug-likeness (QED) is 0.706. The summed E-state index contributed by atoms with van der Waals surface area (Å²) in [4.78, 5) is 40.5. The number of carbonyl (C=O) groups excluding carboxylic acids is 1. The molecule has 3 N–H and O–H groups in total. The lowest BCUT2D eigenvalue weighted by molar-refractivity contribution is -0.110. The van der Waals surface area contributed by atoms with Crippen molar-refractivity contribution in [3.63, 3.8) is 0 Å². The first kappa shape index (κ1) is 13.8. The van der Waals surface area contributed by atoms with Gasteiger partial charge in [-0.15, -0.1) is 0 Å². The molecule has 112 valence electrons. The fourth-order valence-corrected chi connectivity index (χ4v) is 2.30. The molecule has 22 heavy (non-hydrogen) atoms. The van der Waals surface area contributed by atoms with Gasteiger partial charge in [0.1, 0.15) is 17.1 Å². The summed E-state index contributed by atoms with van der Waals surface area (Å²) in [6.07, 6.45) is 0. The van der Waals surface area contributed by atoms with Crippen LogP contribution in [-0.2, 0) is 18.9 Å². The molecule has 8 nitrogen and oxygen atoms in total. The first-order valence-electron chi connectivity index (χ1n) is 6.46. The minimum absolute atomic E-state index is 0.0518. The fourth-order valence-electron chi connectivity index (χ4n) is 2.30. The minimum Gasteiger partial charge on any atom is -0.397 e. The molecule has 0 unspecified atom stereocenters. The molecule has 1 aromatic carbocycles. The highest BCUT2D eigenvalue weighted by Gasteiger charge is 2.32. The van der Waals surface area contributed by atoms with Gasteiger partial charge in [-0.25, -0.2) is 9.79 Å². The molecule has 0 aliphatic carbocycles. The van der Waals surface area contributed by atoms with E-state index in [0.717, 1.165) is 4.57 Å². The van der Waals surface area contributed by atoms with E-state index in [1.165, 1.54) is 18.7 Å². The number of nitrogens with one attached hydrogen (secondary N) is 1. The van der Waals surface area contributed by atoms with E-state index >= 15 is 0 Å². The van der Waals surface area contributed by atoms with Crippen LogP contribution >= 0.6 is 0 Å². The lowest BCUT2D eigenvalue weighted by Gasteiger charge is -2.07. The van der Waals surface area contributed by atoms with Crippen LogP contribution in [0.2, 0.25) is 0 Å². The molecule has 0 spiro atoms. The van der Waals surface area contributed by atoms with Crippen molar-refractivity contribution < 1.29 is 4.79 Å². The lowest BCUT2D eigenvalue weighted by atomic mass is 10.2. The summed E-state index contributed by atoms with van der Waals surface area (Å²) in [5.41, 5.74) is 5.49. The smallest absolute Gasteiger partial charge is 0.332 e. The molecule has 2 heterocycles. The van der Waals surface area contributed by atoms with E-state index in [0.29, 0.717) is 11.4 Å². The topological polar surface area (TPSA) is 111 Å². The van der Waals surface area contributed by atoms with Crippen LogP contribution in [0.4, 0.5) is 17.2 Å². The van der Waals surface area contributed by atoms with E-state index in [-0.39, 0.29) is 17.1 Å². The van der Waals surface area contributed by atoms with E-state index in [1.807, 2.05) is 0 Å². The number of hydrogen-bond acceptors (Lipinski definition) is 5. The van der Waals surface area contributed by atoms with Crippen molar-refractivity contribution in [2.75, 3.05) is 11.1 Å². The number of nitrogen functional groups attached to an aromatic ring is 1. The average Bonchev–Trinajstić information content (AvgIpc) is 2.82. The molecule has 2 aromatic rings. The van der Waals surface area contributed by atoms with Crippen LogP contribution in [0.3, 0.4) is 0 Å². The van der Waals surface area contributed by atoms with Gasteiger partial charge in [0.15, 0.2) is 0 Å². The van der Waals surface area contributed by atoms with Crippen LogP contribution in [0.15, 0.2) is 38.8 Å². The number of aliphatic imine (C=N–C) groups is 1. The van der Waals surface area contributed by atoms with Crippen LogP contribution in [0, 0.1) is 0 Å². The Kier molecular flexibility index (Phi) is 2.94. The van der Waals surface area contributed by atoms with Gasteiger partial charge in [-0.05, 0) is 12.1 Å². The molecule has 8 heteroatoms. The van der Waals surface area contributed by atoms with E-state index in [1.54, 1.807) is 24.3 Å². The minimum atomic E-state index is -0.579. The molecular formula is C14H13N5O3. The maximum absolute atomic E-state index is 12.3. The number of benzene rings is 1. The normalized spacial score (nSPS) is 15.0. The van der Waals surface area contributed by atoms with Crippen LogP contribution in [-0.4, -0.2) is 20.8 Å². The van der Waals surface area contributed by atoms with Gasteiger partial charge in [-0.1, -0.05) is 12.1 Å². The van der Waals surface area contributed by atoms with Gasteiger partial charge in [0, 0.05) is 14.1 Å². The summed E-state index contributed by atoms with van der Waals surface area (Å²) < 4.78 is 2.13. The third-order valence-electron chi connectivity index (χ3n) is 3.52. The summed E-state index contributed by atoms with van der Waals surface area (Å²) in [7, 11) is 2.82. The Morgan fingerprint density at radius 3 is 2.45 bits per heavy atom. The number of aromatic nitrogens is 2. The average molecular weight is 299 g/mol. The van der Waals surface area contributed by atoms with Crippen LogP contribution in [0.1, 0.15) is 5.56 Å². The molecule has 1 amide bonds. The van der Waals surface area contributed by atoms with E-state index in [2.05, 4.69) is 10.3 Å². The number of carbonyl (C=O) groups is 1. The summed E-state index contributed by atoms with van der Waals surface area (Å²) in [6.45, 7) is 0. The van der Waals surface area contributed by atoms with Crippen molar-refractivity contribution in [1.29, 1.82) is 0 Å². The molecule has 0 atom stereocenters. The van der Waals surface area contributed by atoms with Crippen LogP contribution < -0.4 is 22.3 Å². The number of anilines is 2. The molecule has 0 saturated heterocycles. The molecule has 3 rings (SSSR count). The predicted molar refractivity (Wildman–Crippen MR) is 82.6 cm³/mol. The second-order valence-electron chi connectivity index (χ2n) is 4.90. The Morgan fingerprint density at radius 1 is 1.09 bits per heavy atom. The van der Waals surface area contributed by atoms with Gasteiger partial charge in [-0.2, -0.15) is 0 Å². The first-order chi connectivity index (χ1) is 10.4. The van der Waals surface area contributed by atoms with Crippen molar-refractivity contribution in [2.45, 2.75) is 0 Å². The Labute approximate surface area is 124 Å². The van der Waals surface area contributed by atoms with Gasteiger partial charge in [0.05, 0.1) is 11.4 Å². The zero-order chi connectivity index (χ0) is 16.0. The number of para-hydroxylation sites is 2. The third kappa shape index (κ3) is 1.85. The molecule has 0 radical (unpaired) electrons. The first-order valence-corrected chi connectivity index (χ1v) is 6.46. The third-order valence-corrected chi connectivity index (χ3v) is 3.52. The second kappa shape index (κ2) is 4.69. The van der Waals surface area contributed by atoms with Crippen molar-refractivity contribution >= 4 is 28.8 Å². The number of nitrogens with two attached hydrogens (primary N) is 1. The Bertz CT molecular complexity index is 952. The Morgan fingerprint density at radius 2 is 1.77 bits per heavy atom. The molecule has 1 aliphatic rings. The van der Waals surface area contributed by atoms with Gasteiger partial charge in [-0.3, -0.25) is 18.7 Å². The number of rotatable bonds is 1. The fraction of sp³-hybridized carbons (Fsp3) is 0.143. The van der Waals surface area contributed by atoms with Crippen molar-refractivity contribution in [3.05, 3.63) is 50.7 Å². The van der Waals surface area contributed by atoms with Gasteiger partial charge >= 0.3 is 5.69 Å². The lowest BCUT2D eigenvalue weighted by Crippen LogP contribution is -2.39.